The van der Waals surface area contributed by atoms with Crippen LogP contribution in [0, 0.1) is 27.7 Å². The van der Waals surface area contributed by atoms with E-state index in [0.29, 0.717) is 56.0 Å². The van der Waals surface area contributed by atoms with Gasteiger partial charge in [0.15, 0.2) is 21.6 Å². The van der Waals surface area contributed by atoms with E-state index in [-0.39, 0.29) is 61.4 Å². The Morgan fingerprint density at radius 3 is 1.32 bits per heavy atom. The number of carbonyl (C=O) groups is 4. The highest BCUT2D eigenvalue weighted by Gasteiger charge is 2.27. The first-order valence-electron chi connectivity index (χ1n) is 21.8. The van der Waals surface area contributed by atoms with Crippen LogP contribution in [0.4, 0.5) is 11.6 Å². The van der Waals surface area contributed by atoms with E-state index in [1.54, 1.807) is 100 Å². The number of nitrogen functional groups attached to an aromatic ring is 2. The summed E-state index contributed by atoms with van der Waals surface area (Å²) < 4.78 is 66.6. The Morgan fingerprint density at radius 2 is 0.892 bits per heavy atom. The van der Waals surface area contributed by atoms with Gasteiger partial charge in [0.25, 0.3) is 31.9 Å². The van der Waals surface area contributed by atoms with Gasteiger partial charge >= 0.3 is 0 Å². The maximum absolute atomic E-state index is 13.6. The summed E-state index contributed by atoms with van der Waals surface area (Å²) in [6.07, 6.45) is 0. The highest BCUT2D eigenvalue weighted by Crippen LogP contribution is 2.36. The van der Waals surface area contributed by atoms with Gasteiger partial charge in [0.1, 0.15) is 39.0 Å². The van der Waals surface area contributed by atoms with Gasteiger partial charge in [-0.2, -0.15) is 21.8 Å². The van der Waals surface area contributed by atoms with Crippen molar-refractivity contribution in [1.29, 1.82) is 0 Å². The molecule has 8 aromatic rings. The topological polar surface area (TPSA) is 283 Å². The number of anilines is 2. The van der Waals surface area contributed by atoms with Crippen LogP contribution in [-0.2, 0) is 20.0 Å². The predicted molar refractivity (Wildman–Crippen MR) is 277 cm³/mol. The fourth-order valence-electron chi connectivity index (χ4n) is 7.13. The van der Waals surface area contributed by atoms with Crippen molar-refractivity contribution in [1.82, 2.24) is 29.4 Å². The fraction of sp³-hybridized carbons (Fsp3) is 0.0769. The van der Waals surface area contributed by atoms with E-state index in [1.165, 1.54) is 60.7 Å². The summed E-state index contributed by atoms with van der Waals surface area (Å²) in [5, 5.41) is -0.965. The number of hydrogen-bond acceptors (Lipinski definition) is 16. The van der Waals surface area contributed by atoms with Gasteiger partial charge in [-0.1, -0.05) is 96.0 Å². The van der Waals surface area contributed by atoms with Crippen LogP contribution in [-0.4, -0.2) is 60.2 Å². The molecular weight excluding hydrogens is 1030 g/mol. The summed E-state index contributed by atoms with van der Waals surface area (Å²) in [6.45, 7) is 7.07. The Bertz CT molecular complexity index is 3690. The molecule has 74 heavy (non-hydrogen) atoms. The molecule has 0 radical (unpaired) electrons. The number of ether oxygens (including phenoxy) is 2. The zero-order chi connectivity index (χ0) is 53.5. The molecule has 0 atom stereocenters. The molecular formula is C52H42Cl2N8O10S2. The Morgan fingerprint density at radius 1 is 0.473 bits per heavy atom. The number of aryl methyl sites for hydroxylation is 4. The number of pyridine rings is 4. The number of nitrogens with two attached hydrogens (primary N) is 2. The van der Waals surface area contributed by atoms with E-state index in [2.05, 4.69) is 19.9 Å². The van der Waals surface area contributed by atoms with Crippen LogP contribution in [0.2, 0.25) is 10.3 Å². The zero-order valence-corrected chi connectivity index (χ0v) is 42.6. The summed E-state index contributed by atoms with van der Waals surface area (Å²) in [7, 11) is -8.62. The van der Waals surface area contributed by atoms with E-state index in [1.807, 2.05) is 21.6 Å². The molecule has 0 aliphatic carbocycles. The average Bonchev–Trinajstić information content (AvgIpc) is 3.36. The first-order valence-corrected chi connectivity index (χ1v) is 25.5. The second kappa shape index (κ2) is 22.5. The highest BCUT2D eigenvalue weighted by atomic mass is 35.5. The molecule has 4 aromatic carbocycles. The number of ketones is 2. The zero-order valence-electron chi connectivity index (χ0n) is 39.5. The molecule has 8 rings (SSSR count). The van der Waals surface area contributed by atoms with Crippen LogP contribution in [0.15, 0.2) is 156 Å². The maximum Gasteiger partial charge on any atom is 0.281 e. The number of amides is 2. The summed E-state index contributed by atoms with van der Waals surface area (Å²) in [5.74, 6) is -1.88. The van der Waals surface area contributed by atoms with Crippen LogP contribution < -0.4 is 30.4 Å². The summed E-state index contributed by atoms with van der Waals surface area (Å²) >= 11 is 11.3. The summed E-state index contributed by atoms with van der Waals surface area (Å²) in [4.78, 5) is 67.5. The molecule has 2 amide bonds. The first-order chi connectivity index (χ1) is 35.1. The molecule has 0 saturated heterocycles. The minimum atomic E-state index is -4.45. The van der Waals surface area contributed by atoms with Gasteiger partial charge < -0.3 is 20.9 Å². The van der Waals surface area contributed by atoms with Crippen molar-refractivity contribution in [2.24, 2.45) is 0 Å². The Labute approximate surface area is 434 Å². The lowest BCUT2D eigenvalue weighted by Crippen LogP contribution is -2.31. The molecule has 4 aromatic heterocycles. The number of nitrogens with zero attached hydrogens (tertiary/aromatic N) is 4. The molecule has 6 N–H and O–H groups in total. The third-order valence-electron chi connectivity index (χ3n) is 10.6. The van der Waals surface area contributed by atoms with E-state index < -0.39 is 36.9 Å². The van der Waals surface area contributed by atoms with Crippen molar-refractivity contribution in [3.05, 3.63) is 212 Å². The van der Waals surface area contributed by atoms with Gasteiger partial charge in [0.05, 0.1) is 5.56 Å². The van der Waals surface area contributed by atoms with Crippen molar-refractivity contribution in [3.63, 3.8) is 0 Å². The number of benzene rings is 4. The quantitative estimate of drug-likeness (QED) is 0.0584. The lowest BCUT2D eigenvalue weighted by atomic mass is 9.98. The molecule has 0 spiro atoms. The molecule has 18 nitrogen and oxygen atoms in total. The van der Waals surface area contributed by atoms with E-state index in [4.69, 9.17) is 44.1 Å². The number of hydrogen-bond donors (Lipinski definition) is 4. The monoisotopic (exact) mass is 1070 g/mol. The Balaban J connectivity index is 0.000000318. The fourth-order valence-corrected chi connectivity index (χ4v) is 9.44. The molecule has 0 saturated carbocycles. The molecule has 0 aliphatic heterocycles. The van der Waals surface area contributed by atoms with Crippen molar-refractivity contribution in [3.8, 4) is 23.3 Å². The smallest absolute Gasteiger partial charge is 0.281 e. The van der Waals surface area contributed by atoms with Crippen LogP contribution in [0.1, 0.15) is 74.8 Å². The third kappa shape index (κ3) is 12.7. The molecule has 0 unspecified atom stereocenters. The largest absolute Gasteiger partial charge is 0.438 e. The lowest BCUT2D eigenvalue weighted by Gasteiger charge is -2.17. The number of sulfonamides is 2. The third-order valence-corrected chi connectivity index (χ3v) is 13.5. The first kappa shape index (κ1) is 53.2. The van der Waals surface area contributed by atoms with Gasteiger partial charge in [0, 0.05) is 28.3 Å². The molecule has 376 valence electrons. The van der Waals surface area contributed by atoms with Gasteiger partial charge in [0.2, 0.25) is 11.8 Å². The molecule has 22 heteroatoms. The normalized spacial score (nSPS) is 11.1. The van der Waals surface area contributed by atoms with Crippen molar-refractivity contribution in [2.45, 2.75) is 37.7 Å². The number of aromatic nitrogens is 4. The summed E-state index contributed by atoms with van der Waals surface area (Å²) in [6, 6.07) is 37.9. The van der Waals surface area contributed by atoms with Crippen LogP contribution >= 0.6 is 23.2 Å². The van der Waals surface area contributed by atoms with Crippen LogP contribution in [0.3, 0.4) is 0 Å². The minimum absolute atomic E-state index is 0.0107. The number of halogens is 2. The lowest BCUT2D eigenvalue weighted by molar-refractivity contribution is 0.0970. The molecule has 4 heterocycles. The minimum Gasteiger partial charge on any atom is -0.438 e. The van der Waals surface area contributed by atoms with Crippen LogP contribution in [0.5, 0.6) is 23.3 Å². The second-order valence-corrected chi connectivity index (χ2v) is 20.1. The van der Waals surface area contributed by atoms with Crippen LogP contribution in [0.25, 0.3) is 0 Å². The molecule has 0 bridgehead atoms. The van der Waals surface area contributed by atoms with E-state index in [9.17, 15) is 36.0 Å². The standard InChI is InChI=1S/C41H34N4O7S.C11H8Cl2N4O3S/c1-24-20-30(36(46)28-12-7-5-8-13-28)21-25(2)38(24)51-34-19-18-32(40(48)45-53(49,50)35-17-11-16-33(42)43-35)41(44-34)52-39-26(3)22-31(23-27(39)4)37(47)29-14-9-6-10-15-29;12-7-5-4-6(10(13)15-7)11(18)17-21(19,20)9-3-1-2-8(14)16-9/h5-23H,1-4H3,(H2,42,43)(H,45,48);1-5H,(H2,14,16)(H,17,18). The van der Waals surface area contributed by atoms with Gasteiger partial charge in [-0.25, -0.2) is 24.4 Å². The Kier molecular flexibility index (Phi) is 16.2. The van der Waals surface area contributed by atoms with E-state index >= 15 is 0 Å². The van der Waals surface area contributed by atoms with Crippen molar-refractivity contribution < 1.29 is 45.5 Å². The molecule has 0 aliphatic rings. The van der Waals surface area contributed by atoms with Gasteiger partial charge in [-0.05, 0) is 117 Å². The van der Waals surface area contributed by atoms with Gasteiger partial charge in [-0.15, -0.1) is 0 Å². The number of nitrogens with one attached hydrogen (secondary N) is 2. The predicted octanol–water partition coefficient (Wildman–Crippen LogP) is 8.94. The number of carbonyl (C=O) groups excluding carboxylic acids is 4. The highest BCUT2D eigenvalue weighted by molar-refractivity contribution is 7.90. The SMILES string of the molecule is Cc1cc(C(=O)c2ccccc2)cc(C)c1Oc1ccc(C(=O)NS(=O)(=O)c2cccc(N)n2)c(Oc2c(C)cc(C(=O)c3ccccc3)cc2C)n1.Nc1cccc(S(=O)(=O)NC(=O)c2ccc(Cl)nc2Cl)n1. The Hall–Kier alpha value is -8.56. The van der Waals surface area contributed by atoms with Gasteiger partial charge in [-0.3, -0.25) is 19.2 Å². The maximum atomic E-state index is 13.6. The van der Waals surface area contributed by atoms with Crippen molar-refractivity contribution in [2.75, 3.05) is 11.5 Å². The second-order valence-electron chi connectivity index (χ2n) is 16.1. The summed E-state index contributed by atoms with van der Waals surface area (Å²) in [5.41, 5.74) is 15.1. The average molecular weight is 1070 g/mol. The van der Waals surface area contributed by atoms with E-state index in [0.717, 1.165) is 0 Å². The molecule has 0 fully saturated rings. The van der Waals surface area contributed by atoms with Crippen molar-refractivity contribution >= 4 is 78.3 Å². The number of rotatable bonds is 14.